The van der Waals surface area contributed by atoms with Gasteiger partial charge in [0.2, 0.25) is 5.88 Å². The van der Waals surface area contributed by atoms with Crippen molar-refractivity contribution in [3.63, 3.8) is 0 Å². The molecule has 0 aliphatic heterocycles. The Balaban J connectivity index is 1.44. The summed E-state index contributed by atoms with van der Waals surface area (Å²) in [5, 5.41) is 1.01. The predicted octanol–water partition coefficient (Wildman–Crippen LogP) is 5.78. The minimum atomic E-state index is -0.644. The minimum absolute atomic E-state index is 0.249. The van der Waals surface area contributed by atoms with Crippen LogP contribution in [0, 0.1) is 0 Å². The Morgan fingerprint density at radius 1 is 1.03 bits per heavy atom. The molecule has 0 aliphatic rings. The van der Waals surface area contributed by atoms with Gasteiger partial charge in [-0.3, -0.25) is 4.90 Å². The molecule has 1 N–H and O–H groups in total. The molecular weight excluding hydrogens is 526 g/mol. The lowest BCUT2D eigenvalue weighted by atomic mass is 10.2. The van der Waals surface area contributed by atoms with Gasteiger partial charge in [-0.2, -0.15) is 0 Å². The third-order valence-corrected chi connectivity index (χ3v) is 5.59. The number of carbonyl (C=O) groups is 1. The fraction of sp³-hybridized carbons (Fsp3) is 0.308. The number of hydrogen-bond acceptors (Lipinski definition) is 7. The number of anilines is 1. The Morgan fingerprint density at radius 3 is 2.47 bits per heavy atom. The highest BCUT2D eigenvalue weighted by molar-refractivity contribution is 9.10. The zero-order chi connectivity index (χ0) is 25.7. The molecule has 36 heavy (non-hydrogen) atoms. The molecule has 0 fully saturated rings. The van der Waals surface area contributed by atoms with Crippen LogP contribution in [0.25, 0.3) is 11.0 Å². The fourth-order valence-electron chi connectivity index (χ4n) is 3.46. The number of methoxy groups -OCH3 is 1. The number of hydrogen-bond donors (Lipinski definition) is 1. The number of halogens is 1. The van der Waals surface area contributed by atoms with Gasteiger partial charge in [0.1, 0.15) is 17.1 Å². The van der Waals surface area contributed by atoms with Crippen molar-refractivity contribution in [1.29, 1.82) is 0 Å². The molecule has 0 radical (unpaired) electrons. The molecular formula is C26H28BrN5O4. The van der Waals surface area contributed by atoms with Crippen LogP contribution in [-0.4, -0.2) is 38.7 Å². The first-order chi connectivity index (χ1) is 17.2. The summed E-state index contributed by atoms with van der Waals surface area (Å²) in [5.74, 6) is 0.970. The largest absolute Gasteiger partial charge is 0.481 e. The highest BCUT2D eigenvalue weighted by Gasteiger charge is 2.24. The maximum Gasteiger partial charge on any atom is 0.416 e. The highest BCUT2D eigenvalue weighted by Crippen LogP contribution is 2.23. The van der Waals surface area contributed by atoms with Gasteiger partial charge in [-0.1, -0.05) is 12.1 Å². The summed E-state index contributed by atoms with van der Waals surface area (Å²) in [4.78, 5) is 30.7. The van der Waals surface area contributed by atoms with Gasteiger partial charge in [0.25, 0.3) is 0 Å². The number of rotatable bonds is 8. The monoisotopic (exact) mass is 553 g/mol. The van der Waals surface area contributed by atoms with E-state index in [1.807, 2.05) is 45.2 Å². The number of aromatic amines is 1. The quantitative estimate of drug-likeness (QED) is 0.295. The number of ether oxygens (including phenoxy) is 3. The zero-order valence-electron chi connectivity index (χ0n) is 20.6. The second-order valence-electron chi connectivity index (χ2n) is 9.16. The Kier molecular flexibility index (Phi) is 7.85. The van der Waals surface area contributed by atoms with Crippen LogP contribution in [0.3, 0.4) is 0 Å². The number of nitrogens with zero attached hydrogens (tertiary/aromatic N) is 4. The van der Waals surface area contributed by atoms with Crippen LogP contribution in [-0.2, 0) is 29.2 Å². The summed E-state index contributed by atoms with van der Waals surface area (Å²) < 4.78 is 17.6. The van der Waals surface area contributed by atoms with Crippen molar-refractivity contribution in [2.75, 3.05) is 12.0 Å². The Hall–Kier alpha value is -3.50. The van der Waals surface area contributed by atoms with E-state index in [1.54, 1.807) is 37.8 Å². The van der Waals surface area contributed by atoms with Crippen molar-refractivity contribution >= 4 is 38.9 Å². The maximum absolute atomic E-state index is 13.0. The van der Waals surface area contributed by atoms with Crippen molar-refractivity contribution in [3.05, 3.63) is 76.3 Å². The number of nitrogens with one attached hydrogen (secondary N) is 1. The lowest BCUT2D eigenvalue weighted by molar-refractivity contribution is 0.0576. The number of pyridine rings is 3. The SMILES string of the molecule is COc1ccc(CN(C(=O)OC(C)(C)C)c2ccc(COCc3c[nH]c4ncc(Br)cc34)cn2)cn1. The first kappa shape index (κ1) is 25.6. The van der Waals surface area contributed by atoms with Gasteiger partial charge in [0, 0.05) is 46.3 Å². The van der Waals surface area contributed by atoms with Gasteiger partial charge in [0.15, 0.2) is 0 Å². The molecule has 9 nitrogen and oxygen atoms in total. The van der Waals surface area contributed by atoms with Gasteiger partial charge >= 0.3 is 6.09 Å². The molecule has 0 saturated heterocycles. The summed E-state index contributed by atoms with van der Waals surface area (Å²) in [6.07, 6.45) is 6.53. The van der Waals surface area contributed by atoms with E-state index in [-0.39, 0.29) is 6.54 Å². The molecule has 4 rings (SSSR count). The summed E-state index contributed by atoms with van der Waals surface area (Å²) in [7, 11) is 1.56. The second-order valence-corrected chi connectivity index (χ2v) is 10.1. The molecule has 1 amide bonds. The topological polar surface area (TPSA) is 102 Å². The Labute approximate surface area is 218 Å². The van der Waals surface area contributed by atoms with Gasteiger partial charge < -0.3 is 19.2 Å². The van der Waals surface area contributed by atoms with Crippen LogP contribution in [0.1, 0.15) is 37.5 Å². The fourth-order valence-corrected chi connectivity index (χ4v) is 3.79. The van der Waals surface area contributed by atoms with Crippen molar-refractivity contribution in [1.82, 2.24) is 19.9 Å². The molecule has 4 aromatic heterocycles. The summed E-state index contributed by atoms with van der Waals surface area (Å²) >= 11 is 3.46. The lowest BCUT2D eigenvalue weighted by Crippen LogP contribution is -2.37. The summed E-state index contributed by atoms with van der Waals surface area (Å²) in [5.41, 5.74) is 2.89. The highest BCUT2D eigenvalue weighted by atomic mass is 79.9. The molecule has 0 aromatic carbocycles. The number of fused-ring (bicyclic) bond motifs is 1. The standard InChI is InChI=1S/C26H28BrN5O4/c1-26(2,3)36-25(33)32(14-17-6-8-23(34-4)29-10-17)22-7-5-18(11-28-22)15-35-16-19-12-30-24-21(19)9-20(27)13-31-24/h5-13H,14-16H2,1-4H3,(H,30,31). The molecule has 0 unspecified atom stereocenters. The third kappa shape index (κ3) is 6.58. The molecule has 10 heteroatoms. The summed E-state index contributed by atoms with van der Waals surface area (Å²) in [6, 6.07) is 9.28. The van der Waals surface area contributed by atoms with Gasteiger partial charge in [0.05, 0.1) is 26.9 Å². The average molecular weight is 554 g/mol. The van der Waals surface area contributed by atoms with Crippen molar-refractivity contribution in [2.45, 2.75) is 46.1 Å². The van der Waals surface area contributed by atoms with Crippen LogP contribution in [0.2, 0.25) is 0 Å². The van der Waals surface area contributed by atoms with E-state index in [4.69, 9.17) is 14.2 Å². The molecule has 0 atom stereocenters. The van der Waals surface area contributed by atoms with Crippen LogP contribution < -0.4 is 9.64 Å². The van der Waals surface area contributed by atoms with Crippen LogP contribution in [0.15, 0.2) is 59.6 Å². The van der Waals surface area contributed by atoms with Gasteiger partial charge in [-0.25, -0.2) is 19.7 Å². The van der Waals surface area contributed by atoms with E-state index in [2.05, 4.69) is 35.9 Å². The zero-order valence-corrected chi connectivity index (χ0v) is 22.2. The molecule has 188 valence electrons. The number of aromatic nitrogens is 4. The van der Waals surface area contributed by atoms with Crippen molar-refractivity contribution in [3.8, 4) is 5.88 Å². The molecule has 0 bridgehead atoms. The van der Waals surface area contributed by atoms with E-state index < -0.39 is 11.7 Å². The van der Waals surface area contributed by atoms with Crippen molar-refractivity contribution < 1.29 is 19.0 Å². The predicted molar refractivity (Wildman–Crippen MR) is 140 cm³/mol. The minimum Gasteiger partial charge on any atom is -0.481 e. The lowest BCUT2D eigenvalue weighted by Gasteiger charge is -2.27. The van der Waals surface area contributed by atoms with E-state index >= 15 is 0 Å². The number of amides is 1. The van der Waals surface area contributed by atoms with Gasteiger partial charge in [-0.05, 0) is 60.0 Å². The van der Waals surface area contributed by atoms with Crippen LogP contribution in [0.4, 0.5) is 10.6 Å². The first-order valence-electron chi connectivity index (χ1n) is 11.4. The smallest absolute Gasteiger partial charge is 0.416 e. The van der Waals surface area contributed by atoms with E-state index in [1.165, 1.54) is 4.90 Å². The Bertz CT molecular complexity index is 1320. The van der Waals surface area contributed by atoms with E-state index in [9.17, 15) is 4.79 Å². The normalized spacial score (nSPS) is 11.5. The average Bonchev–Trinajstić information content (AvgIpc) is 3.24. The van der Waals surface area contributed by atoms with Crippen LogP contribution in [0.5, 0.6) is 5.88 Å². The van der Waals surface area contributed by atoms with Gasteiger partial charge in [-0.15, -0.1) is 0 Å². The Morgan fingerprint density at radius 2 is 1.81 bits per heavy atom. The van der Waals surface area contributed by atoms with Crippen molar-refractivity contribution in [2.24, 2.45) is 0 Å². The second kappa shape index (κ2) is 11.0. The van der Waals surface area contributed by atoms with Crippen LogP contribution >= 0.6 is 15.9 Å². The maximum atomic E-state index is 13.0. The third-order valence-electron chi connectivity index (χ3n) is 5.16. The molecule has 0 aliphatic carbocycles. The molecule has 4 aromatic rings. The number of carbonyl (C=O) groups excluding carboxylic acids is 1. The molecule has 0 spiro atoms. The number of H-pyrrole nitrogens is 1. The molecule has 4 heterocycles. The first-order valence-corrected chi connectivity index (χ1v) is 12.1. The molecule has 0 saturated carbocycles. The van der Waals surface area contributed by atoms with E-state index in [0.29, 0.717) is 24.9 Å². The summed E-state index contributed by atoms with van der Waals surface area (Å²) in [6.45, 7) is 6.53. The van der Waals surface area contributed by atoms with E-state index in [0.717, 1.165) is 32.2 Å².